The monoisotopic (exact) mass is 310 g/mol. The van der Waals surface area contributed by atoms with E-state index in [0.29, 0.717) is 30.2 Å². The highest BCUT2D eigenvalue weighted by Crippen LogP contribution is 2.25. The van der Waals surface area contributed by atoms with Crippen LogP contribution in [0.3, 0.4) is 0 Å². The summed E-state index contributed by atoms with van der Waals surface area (Å²) in [6, 6.07) is 14.7. The van der Waals surface area contributed by atoms with Gasteiger partial charge in [-0.1, -0.05) is 30.3 Å². The summed E-state index contributed by atoms with van der Waals surface area (Å²) in [6.07, 6.45) is 0. The van der Waals surface area contributed by atoms with Crippen LogP contribution in [0.15, 0.2) is 48.5 Å². The average molecular weight is 310 g/mol. The number of hydrogen-bond acceptors (Lipinski definition) is 3. The van der Waals surface area contributed by atoms with Crippen LogP contribution in [-0.2, 0) is 11.3 Å². The molecule has 1 aliphatic rings. The smallest absolute Gasteiger partial charge is 0.254 e. The minimum Gasteiger partial charge on any atom is -0.492 e. The number of hydrogen-bond donors (Lipinski definition) is 1. The Morgan fingerprint density at radius 1 is 1.17 bits per heavy atom. The lowest BCUT2D eigenvalue weighted by molar-refractivity contribution is -0.116. The van der Waals surface area contributed by atoms with E-state index in [1.807, 2.05) is 37.3 Å². The summed E-state index contributed by atoms with van der Waals surface area (Å²) >= 11 is 0. The molecule has 5 heteroatoms. The molecule has 1 heterocycles. The normalized spacial score (nSPS) is 12.9. The molecule has 5 nitrogen and oxygen atoms in total. The Morgan fingerprint density at radius 3 is 2.70 bits per heavy atom. The number of anilines is 1. The topological polar surface area (TPSA) is 58.6 Å². The molecule has 0 fully saturated rings. The molecule has 1 aliphatic heterocycles. The van der Waals surface area contributed by atoms with Crippen molar-refractivity contribution in [1.29, 1.82) is 0 Å². The molecule has 0 atom stereocenters. The average Bonchev–Trinajstić information content (AvgIpc) is 2.86. The summed E-state index contributed by atoms with van der Waals surface area (Å²) < 4.78 is 5.48. The molecule has 0 radical (unpaired) electrons. The van der Waals surface area contributed by atoms with Gasteiger partial charge in [0.25, 0.3) is 5.91 Å². The molecule has 0 aromatic heterocycles. The molecule has 3 rings (SSSR count). The molecule has 2 aromatic rings. The Hall–Kier alpha value is -2.82. The molecule has 2 aromatic carbocycles. The van der Waals surface area contributed by atoms with Crippen LogP contribution >= 0.6 is 0 Å². The largest absolute Gasteiger partial charge is 0.492 e. The van der Waals surface area contributed by atoms with Crippen LogP contribution in [-0.4, -0.2) is 29.9 Å². The number of rotatable bonds is 5. The van der Waals surface area contributed by atoms with Crippen LogP contribution in [0, 0.1) is 0 Å². The number of benzene rings is 2. The van der Waals surface area contributed by atoms with E-state index < -0.39 is 0 Å². The standard InChI is InChI=1S/C18H18N2O3/c1-2-23-16-10-6-5-9-15(16)19-17(21)12-20-11-13-7-3-4-8-14(13)18(20)22/h3-10H,2,11-12H2,1H3,(H,19,21). The number of ether oxygens (including phenoxy) is 1. The summed E-state index contributed by atoms with van der Waals surface area (Å²) in [6.45, 7) is 2.90. The van der Waals surface area contributed by atoms with Gasteiger partial charge in [-0.2, -0.15) is 0 Å². The molecule has 0 aliphatic carbocycles. The maximum atomic E-state index is 12.3. The van der Waals surface area contributed by atoms with Crippen molar-refractivity contribution in [2.45, 2.75) is 13.5 Å². The maximum Gasteiger partial charge on any atom is 0.254 e. The van der Waals surface area contributed by atoms with Crippen LogP contribution in [0.4, 0.5) is 5.69 Å². The number of para-hydroxylation sites is 2. The van der Waals surface area contributed by atoms with Crippen LogP contribution in [0.2, 0.25) is 0 Å². The molecule has 23 heavy (non-hydrogen) atoms. The summed E-state index contributed by atoms with van der Waals surface area (Å²) in [7, 11) is 0. The lowest BCUT2D eigenvalue weighted by Gasteiger charge is -2.16. The van der Waals surface area contributed by atoms with E-state index in [1.165, 1.54) is 0 Å². The van der Waals surface area contributed by atoms with Crippen molar-refractivity contribution >= 4 is 17.5 Å². The Bertz CT molecular complexity index is 743. The van der Waals surface area contributed by atoms with E-state index in [9.17, 15) is 9.59 Å². The van der Waals surface area contributed by atoms with Crippen LogP contribution in [0.1, 0.15) is 22.8 Å². The summed E-state index contributed by atoms with van der Waals surface area (Å²) in [4.78, 5) is 26.1. The van der Waals surface area contributed by atoms with Crippen molar-refractivity contribution in [3.8, 4) is 5.75 Å². The van der Waals surface area contributed by atoms with Gasteiger partial charge in [0.05, 0.1) is 12.3 Å². The number of fused-ring (bicyclic) bond motifs is 1. The first-order valence-electron chi connectivity index (χ1n) is 7.58. The fourth-order valence-corrected chi connectivity index (χ4v) is 2.66. The van der Waals surface area contributed by atoms with E-state index in [-0.39, 0.29) is 18.4 Å². The van der Waals surface area contributed by atoms with Crippen LogP contribution in [0.5, 0.6) is 5.75 Å². The zero-order valence-electron chi connectivity index (χ0n) is 12.9. The Kier molecular flexibility index (Phi) is 4.28. The van der Waals surface area contributed by atoms with E-state index in [1.54, 1.807) is 23.1 Å². The summed E-state index contributed by atoms with van der Waals surface area (Å²) in [5.41, 5.74) is 2.25. The molecule has 2 amide bonds. The molecule has 0 saturated heterocycles. The van der Waals surface area contributed by atoms with Gasteiger partial charge in [-0.15, -0.1) is 0 Å². The number of nitrogens with one attached hydrogen (secondary N) is 1. The van der Waals surface area contributed by atoms with Gasteiger partial charge in [-0.25, -0.2) is 0 Å². The maximum absolute atomic E-state index is 12.3. The Morgan fingerprint density at radius 2 is 1.91 bits per heavy atom. The molecular weight excluding hydrogens is 292 g/mol. The van der Waals surface area contributed by atoms with E-state index >= 15 is 0 Å². The lowest BCUT2D eigenvalue weighted by Crippen LogP contribution is -2.33. The molecule has 0 spiro atoms. The van der Waals surface area contributed by atoms with Crippen LogP contribution in [0.25, 0.3) is 0 Å². The van der Waals surface area contributed by atoms with Gasteiger partial charge in [0.1, 0.15) is 12.3 Å². The first-order chi connectivity index (χ1) is 11.2. The highest BCUT2D eigenvalue weighted by atomic mass is 16.5. The third-order valence-corrected chi connectivity index (χ3v) is 3.69. The minimum absolute atomic E-state index is 0.0218. The third kappa shape index (κ3) is 3.18. The molecule has 1 N–H and O–H groups in total. The molecule has 0 bridgehead atoms. The van der Waals surface area contributed by atoms with E-state index in [2.05, 4.69) is 5.32 Å². The second-order valence-electron chi connectivity index (χ2n) is 5.30. The zero-order valence-corrected chi connectivity index (χ0v) is 12.9. The summed E-state index contributed by atoms with van der Waals surface area (Å²) in [5, 5.41) is 2.81. The van der Waals surface area contributed by atoms with Gasteiger partial charge in [0, 0.05) is 12.1 Å². The van der Waals surface area contributed by atoms with Gasteiger partial charge in [0.2, 0.25) is 5.91 Å². The fourth-order valence-electron chi connectivity index (χ4n) is 2.66. The quantitative estimate of drug-likeness (QED) is 0.923. The summed E-state index contributed by atoms with van der Waals surface area (Å²) in [5.74, 6) is 0.284. The zero-order chi connectivity index (χ0) is 16.2. The fraction of sp³-hybridized carbons (Fsp3) is 0.222. The van der Waals surface area contributed by atoms with Crippen molar-refractivity contribution in [2.75, 3.05) is 18.5 Å². The lowest BCUT2D eigenvalue weighted by atomic mass is 10.1. The molecule has 0 saturated carbocycles. The highest BCUT2D eigenvalue weighted by molar-refractivity contribution is 6.02. The number of nitrogens with zero attached hydrogens (tertiary/aromatic N) is 1. The highest BCUT2D eigenvalue weighted by Gasteiger charge is 2.28. The van der Waals surface area contributed by atoms with Crippen molar-refractivity contribution < 1.29 is 14.3 Å². The van der Waals surface area contributed by atoms with Gasteiger partial charge < -0.3 is 15.0 Å². The Balaban J connectivity index is 1.66. The van der Waals surface area contributed by atoms with E-state index in [0.717, 1.165) is 5.56 Å². The number of carbonyl (C=O) groups excluding carboxylic acids is 2. The number of carbonyl (C=O) groups is 2. The minimum atomic E-state index is -0.238. The predicted octanol–water partition coefficient (Wildman–Crippen LogP) is 2.68. The van der Waals surface area contributed by atoms with Gasteiger partial charge in [-0.05, 0) is 30.7 Å². The molecule has 118 valence electrons. The Labute approximate surface area is 134 Å². The van der Waals surface area contributed by atoms with E-state index in [4.69, 9.17) is 4.74 Å². The van der Waals surface area contributed by atoms with Crippen molar-refractivity contribution in [3.05, 3.63) is 59.7 Å². The molecular formula is C18H18N2O3. The van der Waals surface area contributed by atoms with Crippen molar-refractivity contribution in [1.82, 2.24) is 4.90 Å². The third-order valence-electron chi connectivity index (χ3n) is 3.69. The van der Waals surface area contributed by atoms with Crippen LogP contribution < -0.4 is 10.1 Å². The van der Waals surface area contributed by atoms with Gasteiger partial charge in [0.15, 0.2) is 0 Å². The van der Waals surface area contributed by atoms with Gasteiger partial charge in [-0.3, -0.25) is 9.59 Å². The van der Waals surface area contributed by atoms with Gasteiger partial charge >= 0.3 is 0 Å². The van der Waals surface area contributed by atoms with Crippen molar-refractivity contribution in [3.63, 3.8) is 0 Å². The second kappa shape index (κ2) is 6.52. The number of amides is 2. The first-order valence-corrected chi connectivity index (χ1v) is 7.58. The predicted molar refractivity (Wildman–Crippen MR) is 87.4 cm³/mol. The van der Waals surface area contributed by atoms with Crippen molar-refractivity contribution in [2.24, 2.45) is 0 Å². The first kappa shape index (κ1) is 15.1. The second-order valence-corrected chi connectivity index (χ2v) is 5.30. The molecule has 0 unspecified atom stereocenters. The SMILES string of the molecule is CCOc1ccccc1NC(=O)CN1Cc2ccccc2C1=O.